The molecule has 5 nitrogen and oxygen atoms in total. The number of sulfonamides is 1. The summed E-state index contributed by atoms with van der Waals surface area (Å²) in [6.45, 7) is 0.399. The van der Waals surface area contributed by atoms with Gasteiger partial charge < -0.3 is 5.32 Å². The fourth-order valence-electron chi connectivity index (χ4n) is 2.25. The topological polar surface area (TPSA) is 66.5 Å². The number of nitrogens with zero attached hydrogens (tertiary/aromatic N) is 1. The summed E-state index contributed by atoms with van der Waals surface area (Å²) in [5.41, 5.74) is -0.367. The molecule has 21 heavy (non-hydrogen) atoms. The van der Waals surface area contributed by atoms with Crippen LogP contribution in [0.2, 0.25) is 0 Å². The Morgan fingerprint density at radius 1 is 1.38 bits per heavy atom. The molecule has 1 aromatic rings. The number of benzene rings is 1. The molecule has 1 saturated carbocycles. The van der Waals surface area contributed by atoms with Crippen molar-refractivity contribution in [3.05, 3.63) is 35.6 Å². The molecule has 1 fully saturated rings. The predicted molar refractivity (Wildman–Crippen MR) is 77.8 cm³/mol. The number of halogens is 1. The van der Waals surface area contributed by atoms with Gasteiger partial charge in [0.15, 0.2) is 0 Å². The van der Waals surface area contributed by atoms with E-state index in [1.165, 1.54) is 13.1 Å². The first-order valence-electron chi connectivity index (χ1n) is 6.72. The second-order valence-electron chi connectivity index (χ2n) is 5.40. The molecule has 7 heteroatoms. The fourth-order valence-corrected chi connectivity index (χ4v) is 2.68. The van der Waals surface area contributed by atoms with E-state index in [1.807, 2.05) is 0 Å². The zero-order chi connectivity index (χ0) is 15.7. The van der Waals surface area contributed by atoms with Gasteiger partial charge in [0.1, 0.15) is 5.82 Å². The van der Waals surface area contributed by atoms with Crippen molar-refractivity contribution < 1.29 is 17.6 Å². The first-order valence-corrected chi connectivity index (χ1v) is 8.57. The lowest BCUT2D eigenvalue weighted by atomic mass is 9.94. The molecule has 0 saturated heterocycles. The zero-order valence-corrected chi connectivity index (χ0v) is 12.9. The Balaban J connectivity index is 1.97. The van der Waals surface area contributed by atoms with Gasteiger partial charge in [-0.1, -0.05) is 18.2 Å². The summed E-state index contributed by atoms with van der Waals surface area (Å²) in [5, 5.41) is 2.70. The van der Waals surface area contributed by atoms with Gasteiger partial charge >= 0.3 is 0 Å². The maximum Gasteiger partial charge on any atom is 0.230 e. The van der Waals surface area contributed by atoms with Crippen molar-refractivity contribution in [2.45, 2.75) is 18.3 Å². The van der Waals surface area contributed by atoms with Crippen LogP contribution in [0.3, 0.4) is 0 Å². The van der Waals surface area contributed by atoms with E-state index in [0.717, 1.165) is 10.6 Å². The van der Waals surface area contributed by atoms with Crippen molar-refractivity contribution in [1.82, 2.24) is 9.62 Å². The summed E-state index contributed by atoms with van der Waals surface area (Å²) in [4.78, 5) is 12.3. The van der Waals surface area contributed by atoms with E-state index in [2.05, 4.69) is 5.32 Å². The highest BCUT2D eigenvalue weighted by Crippen LogP contribution is 2.49. The first kappa shape index (κ1) is 15.9. The summed E-state index contributed by atoms with van der Waals surface area (Å²) in [6, 6.07) is 6.28. The van der Waals surface area contributed by atoms with Gasteiger partial charge in [-0.25, -0.2) is 17.1 Å². The molecule has 1 N–H and O–H groups in total. The number of likely N-dealkylation sites (N-methyl/N-ethyl adjacent to an activating group) is 1. The quantitative estimate of drug-likeness (QED) is 0.847. The van der Waals surface area contributed by atoms with Crippen molar-refractivity contribution in [3.63, 3.8) is 0 Å². The predicted octanol–water partition coefficient (Wildman–Crippen LogP) is 0.865. The molecule has 0 aliphatic heterocycles. The van der Waals surface area contributed by atoms with E-state index in [0.29, 0.717) is 18.4 Å². The van der Waals surface area contributed by atoms with Crippen LogP contribution in [0.25, 0.3) is 0 Å². The maximum atomic E-state index is 13.8. The molecule has 2 rings (SSSR count). The molecule has 0 heterocycles. The third-order valence-electron chi connectivity index (χ3n) is 3.85. The normalized spacial score (nSPS) is 16.8. The van der Waals surface area contributed by atoms with Gasteiger partial charge in [0.25, 0.3) is 0 Å². The summed E-state index contributed by atoms with van der Waals surface area (Å²) < 4.78 is 37.5. The van der Waals surface area contributed by atoms with E-state index in [-0.39, 0.29) is 24.8 Å². The smallest absolute Gasteiger partial charge is 0.230 e. The van der Waals surface area contributed by atoms with Gasteiger partial charge in [0.05, 0.1) is 11.7 Å². The standard InChI is InChI=1S/C14H19FN2O3S/c1-17(21(2,19)20)10-9-16-13(18)14(7-8-14)11-5-3-4-6-12(11)15/h3-6H,7-10H2,1-2H3,(H,16,18). The molecule has 0 atom stereocenters. The van der Waals surface area contributed by atoms with Crippen LogP contribution in [0.1, 0.15) is 18.4 Å². The summed E-state index contributed by atoms with van der Waals surface area (Å²) in [6.07, 6.45) is 2.33. The molecule has 0 spiro atoms. The Kier molecular flexibility index (Phi) is 4.34. The van der Waals surface area contributed by atoms with Crippen molar-refractivity contribution in [2.75, 3.05) is 26.4 Å². The van der Waals surface area contributed by atoms with E-state index in [1.54, 1.807) is 18.2 Å². The molecule has 0 radical (unpaired) electrons. The van der Waals surface area contributed by atoms with Gasteiger partial charge in [-0.05, 0) is 18.9 Å². The highest BCUT2D eigenvalue weighted by molar-refractivity contribution is 7.88. The molecule has 116 valence electrons. The van der Waals surface area contributed by atoms with Crippen LogP contribution in [0, 0.1) is 5.82 Å². The average Bonchev–Trinajstić information content (AvgIpc) is 3.19. The van der Waals surface area contributed by atoms with Crippen molar-refractivity contribution >= 4 is 15.9 Å². The lowest BCUT2D eigenvalue weighted by Gasteiger charge is -2.18. The highest BCUT2D eigenvalue weighted by atomic mass is 32.2. The molecule has 0 bridgehead atoms. The number of hydrogen-bond donors (Lipinski definition) is 1. The Morgan fingerprint density at radius 2 is 2.00 bits per heavy atom. The summed E-state index contributed by atoms with van der Waals surface area (Å²) in [5.74, 6) is -0.618. The number of amides is 1. The summed E-state index contributed by atoms with van der Waals surface area (Å²) >= 11 is 0. The minimum Gasteiger partial charge on any atom is -0.354 e. The second-order valence-corrected chi connectivity index (χ2v) is 7.49. The first-order chi connectivity index (χ1) is 9.77. The van der Waals surface area contributed by atoms with Crippen LogP contribution in [0.5, 0.6) is 0 Å². The van der Waals surface area contributed by atoms with Crippen molar-refractivity contribution in [3.8, 4) is 0 Å². The zero-order valence-electron chi connectivity index (χ0n) is 12.1. The molecule has 1 aliphatic rings. The second kappa shape index (κ2) is 5.73. The Hall–Kier alpha value is -1.47. The third kappa shape index (κ3) is 3.41. The number of nitrogens with one attached hydrogen (secondary N) is 1. The van der Waals surface area contributed by atoms with E-state index >= 15 is 0 Å². The summed E-state index contributed by atoms with van der Waals surface area (Å²) in [7, 11) is -1.81. The van der Waals surface area contributed by atoms with Gasteiger partial charge in [-0.2, -0.15) is 0 Å². The highest BCUT2D eigenvalue weighted by Gasteiger charge is 2.52. The Labute approximate surface area is 124 Å². The van der Waals surface area contributed by atoms with Gasteiger partial charge in [-0.3, -0.25) is 4.79 Å². The van der Waals surface area contributed by atoms with Gasteiger partial charge in [-0.15, -0.1) is 0 Å². The number of carbonyl (C=O) groups is 1. The molecular weight excluding hydrogens is 295 g/mol. The molecule has 1 aliphatic carbocycles. The van der Waals surface area contributed by atoms with Crippen LogP contribution in [0.4, 0.5) is 4.39 Å². The SMILES string of the molecule is CN(CCNC(=O)C1(c2ccccc2F)CC1)S(C)(=O)=O. The minimum atomic E-state index is -3.26. The average molecular weight is 314 g/mol. The molecule has 1 amide bonds. The Morgan fingerprint density at radius 3 is 2.52 bits per heavy atom. The van der Waals surface area contributed by atoms with Crippen LogP contribution in [-0.2, 0) is 20.2 Å². The van der Waals surface area contributed by atoms with Gasteiger partial charge in [0, 0.05) is 25.7 Å². The maximum absolute atomic E-state index is 13.8. The minimum absolute atomic E-state index is 0.192. The molecule has 0 aromatic heterocycles. The number of rotatable bonds is 6. The van der Waals surface area contributed by atoms with E-state index in [9.17, 15) is 17.6 Å². The molecule has 0 unspecified atom stereocenters. The van der Waals surface area contributed by atoms with Crippen molar-refractivity contribution in [1.29, 1.82) is 0 Å². The molecule has 1 aromatic carbocycles. The number of hydrogen-bond acceptors (Lipinski definition) is 3. The molecular formula is C14H19FN2O3S. The van der Waals surface area contributed by atoms with Crippen LogP contribution in [0.15, 0.2) is 24.3 Å². The van der Waals surface area contributed by atoms with E-state index < -0.39 is 15.4 Å². The Bertz CT molecular complexity index is 641. The van der Waals surface area contributed by atoms with Crippen molar-refractivity contribution in [2.24, 2.45) is 0 Å². The fraction of sp³-hybridized carbons (Fsp3) is 0.500. The lowest BCUT2D eigenvalue weighted by molar-refractivity contribution is -0.123. The third-order valence-corrected chi connectivity index (χ3v) is 5.17. The van der Waals surface area contributed by atoms with Crippen LogP contribution in [-0.4, -0.2) is 45.0 Å². The largest absolute Gasteiger partial charge is 0.354 e. The monoisotopic (exact) mass is 314 g/mol. The van der Waals surface area contributed by atoms with Crippen LogP contribution >= 0.6 is 0 Å². The van der Waals surface area contributed by atoms with E-state index in [4.69, 9.17) is 0 Å². The number of carbonyl (C=O) groups excluding carboxylic acids is 1. The van der Waals surface area contributed by atoms with Crippen LogP contribution < -0.4 is 5.32 Å². The lowest BCUT2D eigenvalue weighted by Crippen LogP contribution is -2.40. The van der Waals surface area contributed by atoms with Gasteiger partial charge in [0.2, 0.25) is 15.9 Å².